The van der Waals surface area contributed by atoms with Gasteiger partial charge in [0.15, 0.2) is 0 Å². The molecule has 0 saturated heterocycles. The quantitative estimate of drug-likeness (QED) is 0.538. The fourth-order valence-electron chi connectivity index (χ4n) is 0.759. The summed E-state index contributed by atoms with van der Waals surface area (Å²) in [7, 11) is 0. The van der Waals surface area contributed by atoms with Gasteiger partial charge < -0.3 is 15.3 Å². The summed E-state index contributed by atoms with van der Waals surface area (Å²) in [5, 5.41) is 25.3. The predicted molar refractivity (Wildman–Crippen MR) is 52.3 cm³/mol. The van der Waals surface area contributed by atoms with Crippen molar-refractivity contribution in [1.29, 1.82) is 0 Å². The molecule has 0 saturated carbocycles. The van der Waals surface area contributed by atoms with E-state index in [-0.39, 0.29) is 18.0 Å². The number of carboxylic acids is 1. The van der Waals surface area contributed by atoms with Crippen LogP contribution < -0.4 is 0 Å². The summed E-state index contributed by atoms with van der Waals surface area (Å²) in [6.45, 7) is 0.915. The number of Topliss-reactive ketones (excluding diaryl/α,β-unsaturated/α-hetero) is 1. The van der Waals surface area contributed by atoms with Gasteiger partial charge in [-0.2, -0.15) is 0 Å². The first-order valence-corrected chi connectivity index (χ1v) is 5.15. The normalized spacial score (nSPS) is 14.8. The number of carbonyl (C=O) groups is 2. The molecule has 3 N–H and O–H groups in total. The van der Waals surface area contributed by atoms with Gasteiger partial charge in [0, 0.05) is 12.2 Å². The molecular formula is C8H14O5S. The van der Waals surface area contributed by atoms with Gasteiger partial charge in [-0.3, -0.25) is 9.59 Å². The van der Waals surface area contributed by atoms with Crippen LogP contribution in [0.25, 0.3) is 0 Å². The van der Waals surface area contributed by atoms with E-state index in [2.05, 4.69) is 0 Å². The van der Waals surface area contributed by atoms with Crippen molar-refractivity contribution in [2.45, 2.75) is 24.7 Å². The first kappa shape index (κ1) is 13.4. The van der Waals surface area contributed by atoms with E-state index < -0.39 is 23.9 Å². The molecule has 0 aliphatic heterocycles. The van der Waals surface area contributed by atoms with E-state index in [4.69, 9.17) is 15.3 Å². The third-order valence-electron chi connectivity index (χ3n) is 1.45. The zero-order valence-electron chi connectivity index (χ0n) is 7.84. The molecule has 82 valence electrons. The number of rotatable bonds is 7. The number of aliphatic carboxylic acids is 1. The maximum atomic E-state index is 10.7. The summed E-state index contributed by atoms with van der Waals surface area (Å²) < 4.78 is 0. The lowest BCUT2D eigenvalue weighted by molar-refractivity contribution is -0.137. The maximum absolute atomic E-state index is 10.7. The van der Waals surface area contributed by atoms with Crippen LogP contribution in [0.1, 0.15) is 13.3 Å². The molecule has 0 bridgehead atoms. The Morgan fingerprint density at radius 1 is 1.43 bits per heavy atom. The molecule has 6 heteroatoms. The van der Waals surface area contributed by atoms with Crippen molar-refractivity contribution in [3.8, 4) is 0 Å². The van der Waals surface area contributed by atoms with Gasteiger partial charge >= 0.3 is 5.97 Å². The summed E-state index contributed by atoms with van der Waals surface area (Å²) in [6.07, 6.45) is -0.994. The molecule has 14 heavy (non-hydrogen) atoms. The van der Waals surface area contributed by atoms with E-state index in [0.29, 0.717) is 0 Å². The lowest BCUT2D eigenvalue weighted by Crippen LogP contribution is -2.23. The molecule has 0 radical (unpaired) electrons. The van der Waals surface area contributed by atoms with Crippen molar-refractivity contribution >= 4 is 23.5 Å². The molecule has 0 aliphatic carbocycles. The Kier molecular flexibility index (Phi) is 6.52. The Hall–Kier alpha value is -0.590. The molecule has 0 heterocycles. The van der Waals surface area contributed by atoms with Gasteiger partial charge in [-0.25, -0.2) is 0 Å². The summed E-state index contributed by atoms with van der Waals surface area (Å²) in [5.74, 6) is -1.17. The van der Waals surface area contributed by atoms with Crippen molar-refractivity contribution in [2.75, 3.05) is 12.4 Å². The van der Waals surface area contributed by atoms with Crippen molar-refractivity contribution in [3.05, 3.63) is 0 Å². The molecule has 0 aromatic carbocycles. The summed E-state index contributed by atoms with van der Waals surface area (Å²) in [5.41, 5.74) is 0. The summed E-state index contributed by atoms with van der Waals surface area (Å²) >= 11 is 0.960. The average molecular weight is 222 g/mol. The second kappa shape index (κ2) is 6.80. The maximum Gasteiger partial charge on any atom is 0.317 e. The van der Waals surface area contributed by atoms with Crippen molar-refractivity contribution in [1.82, 2.24) is 0 Å². The molecule has 0 aromatic rings. The first-order chi connectivity index (χ1) is 6.47. The lowest BCUT2D eigenvalue weighted by Gasteiger charge is -2.12. The number of aliphatic hydroxyl groups is 2. The Morgan fingerprint density at radius 2 is 2.00 bits per heavy atom. The molecule has 0 spiro atoms. The van der Waals surface area contributed by atoms with Gasteiger partial charge in [0.25, 0.3) is 0 Å². The van der Waals surface area contributed by atoms with Crippen molar-refractivity contribution < 1.29 is 24.9 Å². The monoisotopic (exact) mass is 222 g/mol. The number of hydrogen-bond donors (Lipinski definition) is 3. The van der Waals surface area contributed by atoms with Gasteiger partial charge in [-0.05, 0) is 6.92 Å². The highest BCUT2D eigenvalue weighted by molar-refractivity contribution is 8.00. The molecular weight excluding hydrogens is 208 g/mol. The summed E-state index contributed by atoms with van der Waals surface area (Å²) in [6, 6.07) is 0. The zero-order chi connectivity index (χ0) is 11.1. The zero-order valence-corrected chi connectivity index (χ0v) is 8.66. The number of hydrogen-bond acceptors (Lipinski definition) is 5. The average Bonchev–Trinajstić information content (AvgIpc) is 2.10. The molecule has 0 rings (SSSR count). The highest BCUT2D eigenvalue weighted by atomic mass is 32.2. The van der Waals surface area contributed by atoms with Gasteiger partial charge in [0.1, 0.15) is 11.0 Å². The van der Waals surface area contributed by atoms with Crippen molar-refractivity contribution in [2.24, 2.45) is 0 Å². The molecule has 0 aliphatic rings. The van der Waals surface area contributed by atoms with E-state index in [1.54, 1.807) is 0 Å². The SMILES string of the molecule is CC(=O)CC(SCC(O)CO)C(=O)O. The summed E-state index contributed by atoms with van der Waals surface area (Å²) in [4.78, 5) is 21.3. The highest BCUT2D eigenvalue weighted by Crippen LogP contribution is 2.16. The van der Waals surface area contributed by atoms with E-state index in [1.165, 1.54) is 6.92 Å². The van der Waals surface area contributed by atoms with Crippen LogP contribution in [-0.2, 0) is 9.59 Å². The second-order valence-corrected chi connectivity index (χ2v) is 4.14. The third kappa shape index (κ3) is 5.95. The van der Waals surface area contributed by atoms with Crippen LogP contribution in [0.2, 0.25) is 0 Å². The van der Waals surface area contributed by atoms with Crippen LogP contribution in [0.3, 0.4) is 0 Å². The molecule has 0 fully saturated rings. The van der Waals surface area contributed by atoms with E-state index in [9.17, 15) is 9.59 Å². The largest absolute Gasteiger partial charge is 0.480 e. The smallest absolute Gasteiger partial charge is 0.317 e. The fraction of sp³-hybridized carbons (Fsp3) is 0.750. The Morgan fingerprint density at radius 3 is 2.36 bits per heavy atom. The van der Waals surface area contributed by atoms with Crippen LogP contribution >= 0.6 is 11.8 Å². The number of ketones is 1. The Balaban J connectivity index is 3.97. The van der Waals surface area contributed by atoms with Crippen LogP contribution in [-0.4, -0.2) is 50.8 Å². The molecule has 2 atom stereocenters. The molecule has 0 amide bonds. The highest BCUT2D eigenvalue weighted by Gasteiger charge is 2.20. The van der Waals surface area contributed by atoms with Gasteiger partial charge in [-0.15, -0.1) is 11.8 Å². The van der Waals surface area contributed by atoms with E-state index >= 15 is 0 Å². The fourth-order valence-corrected chi connectivity index (χ4v) is 1.81. The van der Waals surface area contributed by atoms with Crippen LogP contribution in [0.4, 0.5) is 0 Å². The number of carboxylic acid groups (broad SMARTS) is 1. The minimum absolute atomic E-state index is 0.0574. The minimum Gasteiger partial charge on any atom is -0.480 e. The number of thioether (sulfide) groups is 1. The van der Waals surface area contributed by atoms with Gasteiger partial charge in [-0.1, -0.05) is 0 Å². The third-order valence-corrected chi connectivity index (χ3v) is 2.80. The van der Waals surface area contributed by atoms with Crippen molar-refractivity contribution in [3.63, 3.8) is 0 Å². The first-order valence-electron chi connectivity index (χ1n) is 4.10. The number of carbonyl (C=O) groups excluding carboxylic acids is 1. The molecule has 5 nitrogen and oxygen atoms in total. The lowest BCUT2D eigenvalue weighted by atomic mass is 10.2. The van der Waals surface area contributed by atoms with Crippen LogP contribution in [0, 0.1) is 0 Å². The predicted octanol–water partition coefficient (Wildman–Crippen LogP) is -0.495. The van der Waals surface area contributed by atoms with E-state index in [1.807, 2.05) is 0 Å². The van der Waals surface area contributed by atoms with Gasteiger partial charge in [0.05, 0.1) is 12.7 Å². The Bertz CT molecular complexity index is 206. The molecule has 0 aromatic heterocycles. The topological polar surface area (TPSA) is 94.8 Å². The van der Waals surface area contributed by atoms with Crippen LogP contribution in [0.15, 0.2) is 0 Å². The minimum atomic E-state index is -1.07. The standard InChI is InChI=1S/C8H14O5S/c1-5(10)2-7(8(12)13)14-4-6(11)3-9/h6-7,9,11H,2-4H2,1H3,(H,12,13). The number of aliphatic hydroxyl groups excluding tert-OH is 2. The second-order valence-electron chi connectivity index (χ2n) is 2.90. The van der Waals surface area contributed by atoms with Crippen LogP contribution in [0.5, 0.6) is 0 Å². The van der Waals surface area contributed by atoms with E-state index in [0.717, 1.165) is 11.8 Å². The molecule has 2 unspecified atom stereocenters. The Labute approximate surface area is 86.1 Å². The van der Waals surface area contributed by atoms with Gasteiger partial charge in [0.2, 0.25) is 0 Å².